The lowest BCUT2D eigenvalue weighted by Crippen LogP contribution is -2.25. The monoisotopic (exact) mass is 278 g/mol. The zero-order valence-electron chi connectivity index (χ0n) is 11.4. The maximum atomic E-state index is 12.1. The Morgan fingerprint density at radius 2 is 2.05 bits per heavy atom. The Labute approximate surface area is 117 Å². The van der Waals surface area contributed by atoms with E-state index in [0.717, 1.165) is 10.7 Å². The molecule has 5 heteroatoms. The van der Waals surface area contributed by atoms with E-state index >= 15 is 0 Å². The number of benzene rings is 1. The highest BCUT2D eigenvalue weighted by Gasteiger charge is 2.38. The van der Waals surface area contributed by atoms with E-state index in [4.69, 9.17) is 4.74 Å². The van der Waals surface area contributed by atoms with E-state index in [9.17, 15) is 4.79 Å². The Morgan fingerprint density at radius 1 is 1.37 bits per heavy atom. The maximum Gasteiger partial charge on any atom is 0.322 e. The number of nitrogens with zero attached hydrogens (tertiary/aromatic N) is 2. The third-order valence-electron chi connectivity index (χ3n) is 2.81. The molecule has 0 fully saturated rings. The quantitative estimate of drug-likeness (QED) is 0.796. The standard InChI is InChI=1S/C14H18N2O2S/c1-4-18-13(17)12-11(10-8-6-5-7-9-10)15-14(19-12)16(2)3/h5-9,11-12H,4H2,1-3H3. The zero-order chi connectivity index (χ0) is 13.8. The number of hydrogen-bond acceptors (Lipinski definition) is 5. The second kappa shape index (κ2) is 6.10. The van der Waals surface area contributed by atoms with Crippen LogP contribution in [0.1, 0.15) is 18.5 Å². The highest BCUT2D eigenvalue weighted by Crippen LogP contribution is 2.38. The summed E-state index contributed by atoms with van der Waals surface area (Å²) in [7, 11) is 3.86. The average molecular weight is 278 g/mol. The third-order valence-corrected chi connectivity index (χ3v) is 4.20. The minimum atomic E-state index is -0.292. The van der Waals surface area contributed by atoms with Gasteiger partial charge in [-0.1, -0.05) is 42.1 Å². The highest BCUT2D eigenvalue weighted by molar-refractivity contribution is 8.15. The fraction of sp³-hybridized carbons (Fsp3) is 0.429. The lowest BCUT2D eigenvalue weighted by molar-refractivity contribution is -0.142. The van der Waals surface area contributed by atoms with E-state index < -0.39 is 0 Å². The smallest absolute Gasteiger partial charge is 0.322 e. The van der Waals surface area contributed by atoms with Crippen molar-refractivity contribution in [1.29, 1.82) is 0 Å². The average Bonchev–Trinajstić information content (AvgIpc) is 2.85. The van der Waals surface area contributed by atoms with E-state index in [1.807, 2.05) is 56.3 Å². The first-order chi connectivity index (χ1) is 9.13. The van der Waals surface area contributed by atoms with Crippen LogP contribution in [-0.4, -0.2) is 42.0 Å². The molecule has 19 heavy (non-hydrogen) atoms. The Bertz CT molecular complexity index is 474. The Kier molecular flexibility index (Phi) is 4.47. The Morgan fingerprint density at radius 3 is 2.63 bits per heavy atom. The van der Waals surface area contributed by atoms with Gasteiger partial charge in [-0.3, -0.25) is 9.79 Å². The van der Waals surface area contributed by atoms with Crippen LogP contribution in [0.15, 0.2) is 35.3 Å². The van der Waals surface area contributed by atoms with Crippen LogP contribution >= 0.6 is 11.8 Å². The second-order valence-electron chi connectivity index (χ2n) is 4.45. The third kappa shape index (κ3) is 3.10. The molecule has 1 aliphatic rings. The number of esters is 1. The molecule has 2 unspecified atom stereocenters. The van der Waals surface area contributed by atoms with Crippen molar-refractivity contribution < 1.29 is 9.53 Å². The summed E-state index contributed by atoms with van der Waals surface area (Å²) in [6.45, 7) is 2.22. The molecule has 0 saturated carbocycles. The second-order valence-corrected chi connectivity index (χ2v) is 5.56. The molecule has 102 valence electrons. The van der Waals surface area contributed by atoms with Gasteiger partial charge in [-0.15, -0.1) is 0 Å². The molecular formula is C14H18N2O2S. The Hall–Kier alpha value is -1.49. The number of thioether (sulfide) groups is 1. The fourth-order valence-corrected chi connectivity index (χ4v) is 3.04. The van der Waals surface area contributed by atoms with Gasteiger partial charge in [0, 0.05) is 14.1 Å². The molecule has 0 saturated heterocycles. The predicted octanol–water partition coefficient (Wildman–Crippen LogP) is 2.32. The summed E-state index contributed by atoms with van der Waals surface area (Å²) < 4.78 is 5.15. The molecule has 0 aromatic heterocycles. The number of amidine groups is 1. The minimum Gasteiger partial charge on any atom is -0.465 e. The summed E-state index contributed by atoms with van der Waals surface area (Å²) in [6.07, 6.45) is 0. The summed E-state index contributed by atoms with van der Waals surface area (Å²) in [5.74, 6) is -0.193. The number of ether oxygens (including phenoxy) is 1. The van der Waals surface area contributed by atoms with Gasteiger partial charge in [0.15, 0.2) is 5.17 Å². The topological polar surface area (TPSA) is 41.9 Å². The molecule has 2 rings (SSSR count). The van der Waals surface area contributed by atoms with Crippen LogP contribution in [0.3, 0.4) is 0 Å². The van der Waals surface area contributed by atoms with E-state index in [1.54, 1.807) is 0 Å². The van der Waals surface area contributed by atoms with Crippen molar-refractivity contribution in [3.05, 3.63) is 35.9 Å². The van der Waals surface area contributed by atoms with Gasteiger partial charge in [-0.2, -0.15) is 0 Å². The fourth-order valence-electron chi connectivity index (χ4n) is 1.92. The molecule has 0 aliphatic carbocycles. The van der Waals surface area contributed by atoms with Crippen LogP contribution < -0.4 is 0 Å². The SMILES string of the molecule is CCOC(=O)C1SC(N(C)C)=NC1c1ccccc1. The van der Waals surface area contributed by atoms with Crippen LogP contribution in [0.2, 0.25) is 0 Å². The van der Waals surface area contributed by atoms with E-state index in [-0.39, 0.29) is 17.3 Å². The molecule has 0 bridgehead atoms. The van der Waals surface area contributed by atoms with Crippen molar-refractivity contribution in [2.24, 2.45) is 4.99 Å². The van der Waals surface area contributed by atoms with Crippen LogP contribution in [0.4, 0.5) is 0 Å². The maximum absolute atomic E-state index is 12.1. The van der Waals surface area contributed by atoms with E-state index in [1.165, 1.54) is 11.8 Å². The molecule has 0 radical (unpaired) electrons. The van der Waals surface area contributed by atoms with Crippen molar-refractivity contribution in [3.63, 3.8) is 0 Å². The molecule has 0 spiro atoms. The van der Waals surface area contributed by atoms with Crippen molar-refractivity contribution in [2.75, 3.05) is 20.7 Å². The van der Waals surface area contributed by atoms with Crippen LogP contribution in [-0.2, 0) is 9.53 Å². The van der Waals surface area contributed by atoms with Crippen LogP contribution in [0.5, 0.6) is 0 Å². The molecule has 1 aromatic carbocycles. The Balaban J connectivity index is 2.27. The molecule has 4 nitrogen and oxygen atoms in total. The molecule has 1 aliphatic heterocycles. The first-order valence-electron chi connectivity index (χ1n) is 6.27. The summed E-state index contributed by atoms with van der Waals surface area (Å²) in [6, 6.07) is 9.72. The minimum absolute atomic E-state index is 0.164. The van der Waals surface area contributed by atoms with Gasteiger partial charge in [0.1, 0.15) is 11.3 Å². The van der Waals surface area contributed by atoms with Gasteiger partial charge in [-0.25, -0.2) is 0 Å². The predicted molar refractivity (Wildman–Crippen MR) is 78.3 cm³/mol. The van der Waals surface area contributed by atoms with Gasteiger partial charge in [-0.05, 0) is 12.5 Å². The van der Waals surface area contributed by atoms with Crippen molar-refractivity contribution in [2.45, 2.75) is 18.2 Å². The lowest BCUT2D eigenvalue weighted by atomic mass is 10.0. The summed E-state index contributed by atoms with van der Waals surface area (Å²) in [4.78, 5) is 18.6. The van der Waals surface area contributed by atoms with E-state index in [2.05, 4.69) is 4.99 Å². The van der Waals surface area contributed by atoms with Gasteiger partial charge in [0.2, 0.25) is 0 Å². The van der Waals surface area contributed by atoms with Crippen molar-refractivity contribution >= 4 is 22.9 Å². The number of carbonyl (C=O) groups excluding carboxylic acids is 1. The molecular weight excluding hydrogens is 260 g/mol. The summed E-state index contributed by atoms with van der Waals surface area (Å²) in [5.41, 5.74) is 1.05. The lowest BCUT2D eigenvalue weighted by Gasteiger charge is -2.15. The van der Waals surface area contributed by atoms with Gasteiger partial charge in [0.05, 0.1) is 6.61 Å². The van der Waals surface area contributed by atoms with Gasteiger partial charge >= 0.3 is 5.97 Å². The molecule has 1 heterocycles. The molecule has 0 N–H and O–H groups in total. The zero-order valence-corrected chi connectivity index (χ0v) is 12.2. The van der Waals surface area contributed by atoms with Gasteiger partial charge in [0.25, 0.3) is 0 Å². The summed E-state index contributed by atoms with van der Waals surface area (Å²) in [5, 5.41) is 0.576. The van der Waals surface area contributed by atoms with E-state index in [0.29, 0.717) is 6.61 Å². The largest absolute Gasteiger partial charge is 0.465 e. The highest BCUT2D eigenvalue weighted by atomic mass is 32.2. The van der Waals surface area contributed by atoms with Crippen molar-refractivity contribution in [1.82, 2.24) is 4.90 Å². The number of rotatable bonds is 3. The molecule has 1 aromatic rings. The van der Waals surface area contributed by atoms with Gasteiger partial charge < -0.3 is 9.64 Å². The first-order valence-corrected chi connectivity index (χ1v) is 7.14. The number of aliphatic imine (C=N–C) groups is 1. The molecule has 2 atom stereocenters. The van der Waals surface area contributed by atoms with Crippen LogP contribution in [0, 0.1) is 0 Å². The van der Waals surface area contributed by atoms with Crippen LogP contribution in [0.25, 0.3) is 0 Å². The summed E-state index contributed by atoms with van der Waals surface area (Å²) >= 11 is 1.47. The number of hydrogen-bond donors (Lipinski definition) is 0. The molecule has 0 amide bonds. The van der Waals surface area contributed by atoms with Crippen molar-refractivity contribution in [3.8, 4) is 0 Å². The first kappa shape index (κ1) is 13.9. The normalized spacial score (nSPS) is 21.9. The number of carbonyl (C=O) groups is 1.